The molecular weight excluding hydrogens is 320 g/mol. The van der Waals surface area contributed by atoms with Gasteiger partial charge in [-0.25, -0.2) is 4.79 Å². The van der Waals surface area contributed by atoms with E-state index in [-0.39, 0.29) is 6.04 Å². The molecule has 0 saturated heterocycles. The lowest BCUT2D eigenvalue weighted by molar-refractivity contribution is 0.194. The predicted molar refractivity (Wildman–Crippen MR) is 96.4 cm³/mol. The minimum atomic E-state index is -0.487. The Morgan fingerprint density at radius 1 is 1.04 bits per heavy atom. The number of nitrogens with zero attached hydrogens (tertiary/aromatic N) is 1. The van der Waals surface area contributed by atoms with Crippen molar-refractivity contribution in [3.05, 3.63) is 54.1 Å². The molecule has 6 nitrogen and oxygen atoms in total. The third-order valence-electron chi connectivity index (χ3n) is 3.81. The molecule has 2 aromatic rings. The third kappa shape index (κ3) is 5.12. The van der Waals surface area contributed by atoms with E-state index in [1.54, 1.807) is 26.4 Å². The molecule has 0 aliphatic carbocycles. The van der Waals surface area contributed by atoms with E-state index in [1.807, 2.05) is 55.4 Å². The Labute approximate surface area is 148 Å². The second-order valence-corrected chi connectivity index (χ2v) is 5.68. The molecule has 0 heterocycles. The molecule has 1 unspecified atom stereocenters. The number of carbonyl (C=O) groups excluding carboxylic acids is 1. The fourth-order valence-electron chi connectivity index (χ4n) is 2.47. The maximum Gasteiger partial charge on any atom is 0.412 e. The lowest BCUT2D eigenvalue weighted by atomic mass is 10.1. The minimum absolute atomic E-state index is 0.0388. The monoisotopic (exact) mass is 344 g/mol. The smallest absolute Gasteiger partial charge is 0.412 e. The summed E-state index contributed by atoms with van der Waals surface area (Å²) in [5.41, 5.74) is 1.00. The number of likely N-dealkylation sites (N-methyl/N-ethyl adjacent to an activating group) is 1. The molecule has 0 aromatic heterocycles. The molecule has 0 saturated carbocycles. The molecule has 0 bridgehead atoms. The quantitative estimate of drug-likeness (QED) is 0.836. The van der Waals surface area contributed by atoms with E-state index >= 15 is 0 Å². The fourth-order valence-corrected chi connectivity index (χ4v) is 2.47. The molecule has 2 rings (SSSR count). The summed E-state index contributed by atoms with van der Waals surface area (Å²) in [6.07, 6.45) is -0.487. The van der Waals surface area contributed by atoms with Crippen LogP contribution in [0.1, 0.15) is 11.6 Å². The number of hydrogen-bond acceptors (Lipinski definition) is 5. The summed E-state index contributed by atoms with van der Waals surface area (Å²) in [7, 11) is 7.10. The van der Waals surface area contributed by atoms with Crippen LogP contribution in [-0.2, 0) is 0 Å². The van der Waals surface area contributed by atoms with Gasteiger partial charge in [-0.3, -0.25) is 0 Å². The highest BCUT2D eigenvalue weighted by Gasteiger charge is 2.18. The molecule has 0 fully saturated rings. The molecule has 0 aliphatic rings. The molecule has 25 heavy (non-hydrogen) atoms. The number of nitrogens with one attached hydrogen (secondary N) is 1. The lowest BCUT2D eigenvalue weighted by Crippen LogP contribution is -2.36. The number of ether oxygens (including phenoxy) is 3. The number of methoxy groups -OCH3 is 2. The Hall–Kier alpha value is -2.73. The molecule has 1 N–H and O–H groups in total. The maximum atomic E-state index is 12.0. The van der Waals surface area contributed by atoms with Crippen molar-refractivity contribution in [3.63, 3.8) is 0 Å². The van der Waals surface area contributed by atoms with Crippen molar-refractivity contribution in [2.75, 3.05) is 34.9 Å². The first kappa shape index (κ1) is 18.6. The fraction of sp³-hybridized carbons (Fsp3) is 0.316. The Morgan fingerprint density at radius 3 is 2.32 bits per heavy atom. The Morgan fingerprint density at radius 2 is 1.72 bits per heavy atom. The molecule has 1 atom stereocenters. The molecular formula is C19H24N2O4. The molecule has 2 aromatic carbocycles. The third-order valence-corrected chi connectivity index (χ3v) is 3.81. The van der Waals surface area contributed by atoms with Gasteiger partial charge in [0.15, 0.2) is 11.5 Å². The van der Waals surface area contributed by atoms with Crippen LogP contribution in [0.2, 0.25) is 0 Å². The van der Waals surface area contributed by atoms with E-state index in [4.69, 9.17) is 14.2 Å². The number of hydrogen-bond donors (Lipinski definition) is 1. The van der Waals surface area contributed by atoms with Gasteiger partial charge in [0.05, 0.1) is 20.3 Å². The molecule has 0 radical (unpaired) electrons. The zero-order valence-electron chi connectivity index (χ0n) is 15.0. The summed E-state index contributed by atoms with van der Waals surface area (Å²) in [5.74, 6) is 1.83. The lowest BCUT2D eigenvalue weighted by Gasteiger charge is -2.25. The van der Waals surface area contributed by atoms with Crippen molar-refractivity contribution in [3.8, 4) is 17.2 Å². The van der Waals surface area contributed by atoms with Crippen molar-refractivity contribution < 1.29 is 19.0 Å². The van der Waals surface area contributed by atoms with Crippen LogP contribution in [0.3, 0.4) is 0 Å². The number of benzene rings is 2. The standard InChI is InChI=1S/C19H24N2O4/c1-21(2)16(14-10-11-17(23-3)18(12-14)24-4)13-20-19(22)25-15-8-6-5-7-9-15/h5-12,16H,13H2,1-4H3,(H,20,22). The number of amides is 1. The van der Waals surface area contributed by atoms with Gasteiger partial charge in [-0.1, -0.05) is 24.3 Å². The van der Waals surface area contributed by atoms with Crippen LogP contribution in [0.5, 0.6) is 17.2 Å². The zero-order chi connectivity index (χ0) is 18.2. The van der Waals surface area contributed by atoms with E-state index in [2.05, 4.69) is 5.32 Å². The largest absolute Gasteiger partial charge is 0.493 e. The average Bonchev–Trinajstić information content (AvgIpc) is 2.62. The number of para-hydroxylation sites is 1. The van der Waals surface area contributed by atoms with Crippen LogP contribution >= 0.6 is 0 Å². The normalized spacial score (nSPS) is 11.7. The first-order valence-electron chi connectivity index (χ1n) is 7.94. The minimum Gasteiger partial charge on any atom is -0.493 e. The van der Waals surface area contributed by atoms with Gasteiger partial charge in [0.1, 0.15) is 5.75 Å². The Bertz CT molecular complexity index is 689. The van der Waals surface area contributed by atoms with Gasteiger partial charge in [0.2, 0.25) is 0 Å². The molecule has 134 valence electrons. The summed E-state index contributed by atoms with van der Waals surface area (Å²) >= 11 is 0. The summed E-state index contributed by atoms with van der Waals surface area (Å²) in [5, 5.41) is 2.80. The number of rotatable bonds is 7. The van der Waals surface area contributed by atoms with E-state index in [0.29, 0.717) is 23.8 Å². The van der Waals surface area contributed by atoms with Crippen molar-refractivity contribution in [2.45, 2.75) is 6.04 Å². The van der Waals surface area contributed by atoms with Crippen LogP contribution in [0.25, 0.3) is 0 Å². The number of carbonyl (C=O) groups is 1. The van der Waals surface area contributed by atoms with Crippen LogP contribution in [-0.4, -0.2) is 45.9 Å². The van der Waals surface area contributed by atoms with E-state index in [1.165, 1.54) is 0 Å². The molecule has 6 heteroatoms. The highest BCUT2D eigenvalue weighted by atomic mass is 16.6. The van der Waals surface area contributed by atoms with Crippen LogP contribution in [0, 0.1) is 0 Å². The van der Waals surface area contributed by atoms with Crippen LogP contribution in [0.15, 0.2) is 48.5 Å². The Balaban J connectivity index is 2.04. The first-order chi connectivity index (χ1) is 12.0. The van der Waals surface area contributed by atoms with Gasteiger partial charge >= 0.3 is 6.09 Å². The summed E-state index contributed by atoms with van der Waals surface area (Å²) < 4.78 is 15.9. The second kappa shape index (κ2) is 8.94. The van der Waals surface area contributed by atoms with Gasteiger partial charge in [-0.15, -0.1) is 0 Å². The van der Waals surface area contributed by atoms with Crippen molar-refractivity contribution in [2.24, 2.45) is 0 Å². The summed E-state index contributed by atoms with van der Waals surface area (Å²) in [6, 6.07) is 14.6. The zero-order valence-corrected chi connectivity index (χ0v) is 15.0. The van der Waals surface area contributed by atoms with Crippen molar-refractivity contribution in [1.29, 1.82) is 0 Å². The SMILES string of the molecule is COc1ccc(C(CNC(=O)Oc2ccccc2)N(C)C)cc1OC. The first-order valence-corrected chi connectivity index (χ1v) is 7.94. The van der Waals surface area contributed by atoms with Crippen LogP contribution in [0.4, 0.5) is 4.79 Å². The second-order valence-electron chi connectivity index (χ2n) is 5.68. The molecule has 1 amide bonds. The van der Waals surface area contributed by atoms with Gasteiger partial charge < -0.3 is 24.4 Å². The van der Waals surface area contributed by atoms with E-state index in [0.717, 1.165) is 5.56 Å². The van der Waals surface area contributed by atoms with E-state index in [9.17, 15) is 4.79 Å². The highest BCUT2D eigenvalue weighted by Crippen LogP contribution is 2.31. The van der Waals surface area contributed by atoms with Gasteiger partial charge in [0, 0.05) is 6.54 Å². The molecule has 0 spiro atoms. The van der Waals surface area contributed by atoms with Crippen molar-refractivity contribution in [1.82, 2.24) is 10.2 Å². The Kier molecular flexibility index (Phi) is 6.65. The van der Waals surface area contributed by atoms with Gasteiger partial charge in [-0.05, 0) is 43.9 Å². The average molecular weight is 344 g/mol. The van der Waals surface area contributed by atoms with Gasteiger partial charge in [-0.2, -0.15) is 0 Å². The van der Waals surface area contributed by atoms with E-state index < -0.39 is 6.09 Å². The summed E-state index contributed by atoms with van der Waals surface area (Å²) in [6.45, 7) is 0.397. The topological polar surface area (TPSA) is 60.0 Å². The predicted octanol–water partition coefficient (Wildman–Crippen LogP) is 3.10. The maximum absolute atomic E-state index is 12.0. The van der Waals surface area contributed by atoms with Crippen LogP contribution < -0.4 is 19.5 Å². The summed E-state index contributed by atoms with van der Waals surface area (Å²) in [4.78, 5) is 14.0. The highest BCUT2D eigenvalue weighted by molar-refractivity contribution is 5.70. The van der Waals surface area contributed by atoms with Crippen molar-refractivity contribution >= 4 is 6.09 Å². The molecule has 0 aliphatic heterocycles. The van der Waals surface area contributed by atoms with Gasteiger partial charge in [0.25, 0.3) is 0 Å².